The maximum absolute atomic E-state index is 6.15. The van der Waals surface area contributed by atoms with Gasteiger partial charge in [-0.25, -0.2) is 4.98 Å². The SMILES string of the molecule is CCC1CC(C)=C(Nc2nc(Cl)nc3ccccc23)c2ccccc21. The molecule has 1 aromatic heterocycles. The Kier molecular flexibility index (Phi) is 4.18. The van der Waals surface area contributed by atoms with Crippen LogP contribution in [0.25, 0.3) is 16.6 Å². The zero-order valence-electron chi connectivity index (χ0n) is 14.4. The number of rotatable bonds is 3. The molecule has 1 aliphatic rings. The molecule has 3 nitrogen and oxygen atoms in total. The summed E-state index contributed by atoms with van der Waals surface area (Å²) in [6.45, 7) is 4.46. The lowest BCUT2D eigenvalue weighted by atomic mass is 9.80. The second kappa shape index (κ2) is 6.49. The van der Waals surface area contributed by atoms with Crippen molar-refractivity contribution in [1.29, 1.82) is 0 Å². The second-order valence-electron chi connectivity index (χ2n) is 6.54. The van der Waals surface area contributed by atoms with Crippen LogP contribution >= 0.6 is 11.6 Å². The summed E-state index contributed by atoms with van der Waals surface area (Å²) in [6, 6.07) is 16.6. The Balaban J connectivity index is 1.84. The largest absolute Gasteiger partial charge is 0.339 e. The molecule has 0 amide bonds. The predicted molar refractivity (Wildman–Crippen MR) is 105 cm³/mol. The van der Waals surface area contributed by atoms with Gasteiger partial charge in [0.05, 0.1) is 5.52 Å². The van der Waals surface area contributed by atoms with Crippen LogP contribution in [0, 0.1) is 0 Å². The molecule has 0 radical (unpaired) electrons. The van der Waals surface area contributed by atoms with E-state index in [1.165, 1.54) is 16.7 Å². The lowest BCUT2D eigenvalue weighted by Crippen LogP contribution is -2.14. The number of nitrogens with zero attached hydrogens (tertiary/aromatic N) is 2. The summed E-state index contributed by atoms with van der Waals surface area (Å²) in [5.74, 6) is 1.34. The molecule has 0 saturated heterocycles. The highest BCUT2D eigenvalue weighted by atomic mass is 35.5. The van der Waals surface area contributed by atoms with Gasteiger partial charge in [0, 0.05) is 16.6 Å². The molecule has 1 N–H and O–H groups in total. The number of anilines is 1. The normalized spacial score (nSPS) is 16.8. The molecular formula is C21H20ClN3. The fourth-order valence-electron chi connectivity index (χ4n) is 3.69. The van der Waals surface area contributed by atoms with Crippen molar-refractivity contribution in [3.05, 3.63) is 70.5 Å². The van der Waals surface area contributed by atoms with Crippen LogP contribution in [-0.4, -0.2) is 9.97 Å². The average molecular weight is 350 g/mol. The van der Waals surface area contributed by atoms with Gasteiger partial charge in [-0.15, -0.1) is 0 Å². The molecule has 0 aliphatic heterocycles. The summed E-state index contributed by atoms with van der Waals surface area (Å²) < 4.78 is 0. The van der Waals surface area contributed by atoms with Crippen LogP contribution < -0.4 is 5.32 Å². The minimum Gasteiger partial charge on any atom is -0.339 e. The average Bonchev–Trinajstić information content (AvgIpc) is 2.63. The quantitative estimate of drug-likeness (QED) is 0.587. The lowest BCUT2D eigenvalue weighted by Gasteiger charge is -2.29. The number of fused-ring (bicyclic) bond motifs is 2. The third-order valence-corrected chi connectivity index (χ3v) is 5.13. The number of benzene rings is 2. The number of hydrogen-bond donors (Lipinski definition) is 1. The van der Waals surface area contributed by atoms with Crippen LogP contribution in [0.1, 0.15) is 43.7 Å². The van der Waals surface area contributed by atoms with Crippen LogP contribution in [0.5, 0.6) is 0 Å². The van der Waals surface area contributed by atoms with Gasteiger partial charge in [-0.1, -0.05) is 43.3 Å². The smallest absolute Gasteiger partial charge is 0.224 e. The van der Waals surface area contributed by atoms with E-state index in [9.17, 15) is 0 Å². The molecule has 1 aliphatic carbocycles. The summed E-state index contributed by atoms with van der Waals surface area (Å²) in [5.41, 5.74) is 6.00. The molecule has 1 atom stereocenters. The third kappa shape index (κ3) is 2.89. The molecule has 4 rings (SSSR count). The maximum Gasteiger partial charge on any atom is 0.224 e. The van der Waals surface area contributed by atoms with Crippen LogP contribution in [0.3, 0.4) is 0 Å². The Morgan fingerprint density at radius 3 is 2.68 bits per heavy atom. The first-order valence-corrected chi connectivity index (χ1v) is 9.03. The Morgan fingerprint density at radius 1 is 1.08 bits per heavy atom. The maximum atomic E-state index is 6.15. The molecule has 0 spiro atoms. The molecule has 1 heterocycles. The molecule has 0 saturated carbocycles. The fraction of sp³-hybridized carbons (Fsp3) is 0.238. The van der Waals surface area contributed by atoms with Gasteiger partial charge in [0.25, 0.3) is 0 Å². The van der Waals surface area contributed by atoms with Crippen LogP contribution in [-0.2, 0) is 0 Å². The minimum absolute atomic E-state index is 0.259. The molecule has 0 bridgehead atoms. The first-order valence-electron chi connectivity index (χ1n) is 8.65. The van der Waals surface area contributed by atoms with E-state index in [1.54, 1.807) is 0 Å². The van der Waals surface area contributed by atoms with E-state index in [0.717, 1.165) is 35.3 Å². The van der Waals surface area contributed by atoms with Gasteiger partial charge in [-0.2, -0.15) is 4.98 Å². The van der Waals surface area contributed by atoms with E-state index in [1.807, 2.05) is 24.3 Å². The number of hydrogen-bond acceptors (Lipinski definition) is 3. The van der Waals surface area contributed by atoms with Crippen LogP contribution in [0.4, 0.5) is 5.82 Å². The first kappa shape index (κ1) is 16.1. The third-order valence-electron chi connectivity index (χ3n) is 4.96. The highest BCUT2D eigenvalue weighted by Crippen LogP contribution is 2.40. The van der Waals surface area contributed by atoms with Crippen molar-refractivity contribution in [2.45, 2.75) is 32.6 Å². The van der Waals surface area contributed by atoms with Crippen molar-refractivity contribution in [2.24, 2.45) is 0 Å². The van der Waals surface area contributed by atoms with E-state index in [4.69, 9.17) is 11.6 Å². The number of allylic oxidation sites excluding steroid dienone is 1. The first-order chi connectivity index (χ1) is 12.2. The Bertz CT molecular complexity index is 978. The molecule has 126 valence electrons. The summed E-state index contributed by atoms with van der Waals surface area (Å²) >= 11 is 6.15. The standard InChI is InChI=1S/C21H20ClN3/c1-3-14-12-13(2)19(16-9-5-4-8-15(14)16)24-20-17-10-6-7-11-18(17)23-21(22)25-20/h4-11,14H,3,12H2,1-2H3,(H,23,24,25). The van der Waals surface area contributed by atoms with Crippen molar-refractivity contribution in [1.82, 2.24) is 9.97 Å². The number of para-hydroxylation sites is 1. The number of aromatic nitrogens is 2. The van der Waals surface area contributed by atoms with Crippen molar-refractivity contribution in [3.63, 3.8) is 0 Å². The number of nitrogens with one attached hydrogen (secondary N) is 1. The van der Waals surface area contributed by atoms with E-state index in [-0.39, 0.29) is 5.28 Å². The van der Waals surface area contributed by atoms with Crippen molar-refractivity contribution in [2.75, 3.05) is 5.32 Å². The van der Waals surface area contributed by atoms with Gasteiger partial charge in [-0.3, -0.25) is 0 Å². The molecule has 3 aromatic rings. The zero-order valence-corrected chi connectivity index (χ0v) is 15.1. The molecule has 1 unspecified atom stereocenters. The number of halogens is 1. The Labute approximate surface area is 152 Å². The van der Waals surface area contributed by atoms with Gasteiger partial charge in [0.15, 0.2) is 0 Å². The summed E-state index contributed by atoms with van der Waals surface area (Å²) in [7, 11) is 0. The highest BCUT2D eigenvalue weighted by Gasteiger charge is 2.24. The highest BCUT2D eigenvalue weighted by molar-refractivity contribution is 6.28. The summed E-state index contributed by atoms with van der Waals surface area (Å²) in [6.07, 6.45) is 2.20. The fourth-order valence-corrected chi connectivity index (χ4v) is 3.87. The van der Waals surface area contributed by atoms with E-state index in [0.29, 0.717) is 5.92 Å². The molecule has 0 fully saturated rings. The van der Waals surface area contributed by atoms with Gasteiger partial charge >= 0.3 is 0 Å². The molecule has 4 heteroatoms. The molecule has 2 aromatic carbocycles. The van der Waals surface area contributed by atoms with Crippen molar-refractivity contribution < 1.29 is 0 Å². The molecule has 25 heavy (non-hydrogen) atoms. The topological polar surface area (TPSA) is 37.8 Å². The summed E-state index contributed by atoms with van der Waals surface area (Å²) in [4.78, 5) is 8.77. The van der Waals surface area contributed by atoms with Gasteiger partial charge < -0.3 is 5.32 Å². The van der Waals surface area contributed by atoms with Crippen LogP contribution in [0.2, 0.25) is 5.28 Å². The second-order valence-corrected chi connectivity index (χ2v) is 6.87. The van der Waals surface area contributed by atoms with Crippen molar-refractivity contribution in [3.8, 4) is 0 Å². The Hall–Kier alpha value is -2.39. The van der Waals surface area contributed by atoms with E-state index in [2.05, 4.69) is 53.4 Å². The minimum atomic E-state index is 0.259. The van der Waals surface area contributed by atoms with Gasteiger partial charge in [-0.05, 0) is 60.6 Å². The van der Waals surface area contributed by atoms with Gasteiger partial charge in [0.1, 0.15) is 5.82 Å². The van der Waals surface area contributed by atoms with Crippen molar-refractivity contribution >= 4 is 34.0 Å². The molecular weight excluding hydrogens is 330 g/mol. The van der Waals surface area contributed by atoms with E-state index < -0.39 is 0 Å². The van der Waals surface area contributed by atoms with Crippen LogP contribution in [0.15, 0.2) is 54.1 Å². The monoisotopic (exact) mass is 349 g/mol. The Morgan fingerprint density at radius 2 is 1.84 bits per heavy atom. The van der Waals surface area contributed by atoms with Gasteiger partial charge in [0.2, 0.25) is 5.28 Å². The zero-order chi connectivity index (χ0) is 17.4. The summed E-state index contributed by atoms with van der Waals surface area (Å²) in [5, 5.41) is 4.79. The van der Waals surface area contributed by atoms with E-state index >= 15 is 0 Å². The lowest BCUT2D eigenvalue weighted by molar-refractivity contribution is 0.646. The predicted octanol–water partition coefficient (Wildman–Crippen LogP) is 6.02.